The molecule has 2 saturated carbocycles. The minimum absolute atomic E-state index is 0.00855. The average molecular weight is 449 g/mol. The first-order valence-electron chi connectivity index (χ1n) is 11.6. The lowest BCUT2D eigenvalue weighted by molar-refractivity contribution is -0.143. The third-order valence-electron chi connectivity index (χ3n) is 7.38. The molecule has 2 amide bonds. The van der Waals surface area contributed by atoms with E-state index in [1.54, 1.807) is 0 Å². The van der Waals surface area contributed by atoms with Gasteiger partial charge in [-0.25, -0.2) is 4.79 Å². The van der Waals surface area contributed by atoms with Gasteiger partial charge in [-0.3, -0.25) is 9.59 Å². The number of ether oxygens (including phenoxy) is 1. The molecule has 0 saturated heterocycles. The third kappa shape index (κ3) is 4.19. The maximum Gasteiger partial charge on any atom is 0.407 e. The van der Waals surface area contributed by atoms with Gasteiger partial charge in [-0.15, -0.1) is 0 Å². The summed E-state index contributed by atoms with van der Waals surface area (Å²) in [5.74, 6) is -1.17. The summed E-state index contributed by atoms with van der Waals surface area (Å²) in [6.45, 7) is 0.440. The van der Waals surface area contributed by atoms with E-state index < -0.39 is 17.5 Å². The van der Waals surface area contributed by atoms with E-state index in [-0.39, 0.29) is 36.9 Å². The monoisotopic (exact) mass is 448 g/mol. The quantitative estimate of drug-likeness (QED) is 0.599. The van der Waals surface area contributed by atoms with Crippen molar-refractivity contribution < 1.29 is 24.2 Å². The topological polar surface area (TPSA) is 105 Å². The van der Waals surface area contributed by atoms with Crippen LogP contribution in [0.3, 0.4) is 0 Å². The van der Waals surface area contributed by atoms with Gasteiger partial charge in [0.1, 0.15) is 6.61 Å². The van der Waals surface area contributed by atoms with Crippen molar-refractivity contribution in [3.63, 3.8) is 0 Å². The predicted molar refractivity (Wildman–Crippen MR) is 122 cm³/mol. The molecule has 2 aromatic carbocycles. The Labute approximate surface area is 192 Å². The summed E-state index contributed by atoms with van der Waals surface area (Å²) in [4.78, 5) is 36.2. The van der Waals surface area contributed by atoms with Crippen molar-refractivity contribution in [2.24, 2.45) is 11.3 Å². The maximum absolute atomic E-state index is 12.5. The Hall–Kier alpha value is -3.35. The summed E-state index contributed by atoms with van der Waals surface area (Å²) in [5.41, 5.74) is 3.93. The Kier molecular flexibility index (Phi) is 5.56. The van der Waals surface area contributed by atoms with Crippen LogP contribution in [-0.2, 0) is 14.3 Å². The van der Waals surface area contributed by atoms with Gasteiger partial charge in [0, 0.05) is 24.4 Å². The molecule has 0 aliphatic heterocycles. The van der Waals surface area contributed by atoms with Crippen molar-refractivity contribution >= 4 is 18.0 Å². The Morgan fingerprint density at radius 3 is 2.21 bits per heavy atom. The standard InChI is InChI=1S/C26H28N2O5/c29-23(27-15-26(11-12-26)24(30)31)16-9-10-17(13-16)28-25(32)33-14-22-20-7-3-1-5-18(20)19-6-2-4-8-21(19)22/h1-8,16-17,22H,9-15H2,(H,27,29)(H,28,32)(H,30,31)/t16-,17+/m1/s1. The summed E-state index contributed by atoms with van der Waals surface area (Å²) in [6, 6.07) is 16.3. The van der Waals surface area contributed by atoms with E-state index in [1.807, 2.05) is 24.3 Å². The van der Waals surface area contributed by atoms with E-state index in [1.165, 1.54) is 22.3 Å². The zero-order valence-electron chi connectivity index (χ0n) is 18.4. The molecule has 2 fully saturated rings. The molecule has 0 bridgehead atoms. The second-order valence-corrected chi connectivity index (χ2v) is 9.48. The Bertz CT molecular complexity index is 1050. The Morgan fingerprint density at radius 1 is 0.970 bits per heavy atom. The molecule has 3 aliphatic rings. The first-order chi connectivity index (χ1) is 16.0. The van der Waals surface area contributed by atoms with E-state index >= 15 is 0 Å². The van der Waals surface area contributed by atoms with Gasteiger partial charge >= 0.3 is 12.1 Å². The SMILES string of the molecule is O=C(N[C@H]1CC[C@@H](C(=O)NCC2(C(=O)O)CC2)C1)OCC1c2ccccc2-c2ccccc21. The molecule has 172 valence electrons. The molecule has 0 aromatic heterocycles. The van der Waals surface area contributed by atoms with Crippen molar-refractivity contribution in [3.05, 3.63) is 59.7 Å². The fourth-order valence-corrected chi connectivity index (χ4v) is 5.18. The van der Waals surface area contributed by atoms with Gasteiger partial charge in [0.05, 0.1) is 5.41 Å². The van der Waals surface area contributed by atoms with Crippen molar-refractivity contribution in [1.82, 2.24) is 10.6 Å². The van der Waals surface area contributed by atoms with Crippen molar-refractivity contribution in [2.45, 2.75) is 44.1 Å². The second kappa shape index (κ2) is 8.54. The molecule has 33 heavy (non-hydrogen) atoms. The van der Waals surface area contributed by atoms with Crippen molar-refractivity contribution in [1.29, 1.82) is 0 Å². The molecule has 0 heterocycles. The number of carboxylic acids is 1. The van der Waals surface area contributed by atoms with E-state index in [0.29, 0.717) is 32.1 Å². The molecule has 7 nitrogen and oxygen atoms in total. The lowest BCUT2D eigenvalue weighted by Gasteiger charge is -2.17. The highest BCUT2D eigenvalue weighted by Gasteiger charge is 2.50. The maximum atomic E-state index is 12.5. The smallest absolute Gasteiger partial charge is 0.407 e. The van der Waals surface area contributed by atoms with Crippen LogP contribution in [0.25, 0.3) is 11.1 Å². The number of fused-ring (bicyclic) bond motifs is 3. The number of nitrogens with one attached hydrogen (secondary N) is 2. The highest BCUT2D eigenvalue weighted by atomic mass is 16.5. The van der Waals surface area contributed by atoms with E-state index in [2.05, 4.69) is 34.9 Å². The fourth-order valence-electron chi connectivity index (χ4n) is 5.18. The summed E-state index contributed by atoms with van der Waals surface area (Å²) in [5, 5.41) is 15.0. The molecular formula is C26H28N2O5. The van der Waals surface area contributed by atoms with E-state index in [4.69, 9.17) is 4.74 Å². The van der Waals surface area contributed by atoms with Crippen LogP contribution in [0.4, 0.5) is 4.79 Å². The molecule has 3 aliphatic carbocycles. The Morgan fingerprint density at radius 2 is 1.61 bits per heavy atom. The Balaban J connectivity index is 1.11. The van der Waals surface area contributed by atoms with E-state index in [0.717, 1.165) is 0 Å². The fraction of sp³-hybridized carbons (Fsp3) is 0.423. The summed E-state index contributed by atoms with van der Waals surface area (Å²) >= 11 is 0. The second-order valence-electron chi connectivity index (χ2n) is 9.48. The highest BCUT2D eigenvalue weighted by molar-refractivity contribution is 5.82. The van der Waals surface area contributed by atoms with Gasteiger partial charge in [0.2, 0.25) is 5.91 Å². The molecule has 7 heteroatoms. The summed E-state index contributed by atoms with van der Waals surface area (Å²) in [7, 11) is 0. The van der Waals surface area contributed by atoms with E-state index in [9.17, 15) is 19.5 Å². The first-order valence-corrected chi connectivity index (χ1v) is 11.6. The number of carbonyl (C=O) groups excluding carboxylic acids is 2. The number of carboxylic acid groups (broad SMARTS) is 1. The molecule has 2 atom stereocenters. The number of alkyl carbamates (subject to hydrolysis) is 1. The predicted octanol–water partition coefficient (Wildman–Crippen LogP) is 3.67. The number of aliphatic carboxylic acids is 1. The van der Waals surface area contributed by atoms with Crippen LogP contribution in [-0.4, -0.2) is 42.3 Å². The number of carbonyl (C=O) groups is 3. The minimum atomic E-state index is -0.843. The molecule has 3 N–H and O–H groups in total. The van der Waals surface area contributed by atoms with Crippen LogP contribution < -0.4 is 10.6 Å². The van der Waals surface area contributed by atoms with Gasteiger partial charge in [-0.2, -0.15) is 0 Å². The van der Waals surface area contributed by atoms with Crippen molar-refractivity contribution in [2.75, 3.05) is 13.2 Å². The number of hydrogen-bond donors (Lipinski definition) is 3. The summed E-state index contributed by atoms with van der Waals surface area (Å²) in [6.07, 6.45) is 2.66. The zero-order valence-corrected chi connectivity index (χ0v) is 18.4. The molecule has 0 spiro atoms. The minimum Gasteiger partial charge on any atom is -0.481 e. The van der Waals surface area contributed by atoms with Crippen LogP contribution in [0.15, 0.2) is 48.5 Å². The van der Waals surface area contributed by atoms with Gasteiger partial charge in [-0.05, 0) is 54.4 Å². The van der Waals surface area contributed by atoms with Crippen LogP contribution in [0.2, 0.25) is 0 Å². The summed E-state index contributed by atoms with van der Waals surface area (Å²) < 4.78 is 5.61. The van der Waals surface area contributed by atoms with Gasteiger partial charge < -0.3 is 20.5 Å². The van der Waals surface area contributed by atoms with Crippen LogP contribution in [0.1, 0.15) is 49.1 Å². The number of amides is 2. The highest BCUT2D eigenvalue weighted by Crippen LogP contribution is 2.45. The molecule has 2 aromatic rings. The number of rotatable bonds is 7. The normalized spacial score (nSPS) is 22.2. The largest absolute Gasteiger partial charge is 0.481 e. The zero-order chi connectivity index (χ0) is 23.0. The third-order valence-corrected chi connectivity index (χ3v) is 7.38. The lowest BCUT2D eigenvalue weighted by Crippen LogP contribution is -2.38. The van der Waals surface area contributed by atoms with Crippen molar-refractivity contribution in [3.8, 4) is 11.1 Å². The number of hydrogen-bond acceptors (Lipinski definition) is 4. The molecule has 0 radical (unpaired) electrons. The van der Waals surface area contributed by atoms with Crippen LogP contribution in [0, 0.1) is 11.3 Å². The molecule has 5 rings (SSSR count). The van der Waals surface area contributed by atoms with Crippen LogP contribution >= 0.6 is 0 Å². The first kappa shape index (κ1) is 21.5. The van der Waals surface area contributed by atoms with Gasteiger partial charge in [-0.1, -0.05) is 48.5 Å². The lowest BCUT2D eigenvalue weighted by atomic mass is 9.98. The average Bonchev–Trinajstić information content (AvgIpc) is 3.37. The molecular weight excluding hydrogens is 420 g/mol. The number of benzene rings is 2. The molecule has 0 unspecified atom stereocenters. The van der Waals surface area contributed by atoms with Crippen LogP contribution in [0.5, 0.6) is 0 Å². The van der Waals surface area contributed by atoms with Gasteiger partial charge in [0.25, 0.3) is 0 Å². The van der Waals surface area contributed by atoms with Gasteiger partial charge in [0.15, 0.2) is 0 Å².